The van der Waals surface area contributed by atoms with Crippen molar-refractivity contribution in [3.63, 3.8) is 0 Å². The highest BCUT2D eigenvalue weighted by Gasteiger charge is 2.22. The summed E-state index contributed by atoms with van der Waals surface area (Å²) in [5.74, 6) is -0.647. The second-order valence-corrected chi connectivity index (χ2v) is 4.02. The average Bonchev–Trinajstić information content (AvgIpc) is 2.25. The van der Waals surface area contributed by atoms with Gasteiger partial charge in [-0.05, 0) is 6.42 Å². The fraction of sp³-hybridized carbons (Fsp3) is 0.700. The Bertz CT molecular complexity index is 281. The predicted octanol–water partition coefficient (Wildman–Crippen LogP) is -0.107. The van der Waals surface area contributed by atoms with Crippen molar-refractivity contribution in [3.05, 3.63) is 0 Å². The second-order valence-electron chi connectivity index (χ2n) is 3.55. The molecular formula is C10H19N3O2S. The van der Waals surface area contributed by atoms with E-state index in [4.69, 9.17) is 18.0 Å². The van der Waals surface area contributed by atoms with Crippen molar-refractivity contribution >= 4 is 29.0 Å². The lowest BCUT2D eigenvalue weighted by Gasteiger charge is -2.21. The summed E-state index contributed by atoms with van der Waals surface area (Å²) < 4.78 is 0. The van der Waals surface area contributed by atoms with Gasteiger partial charge in [0, 0.05) is 27.1 Å². The van der Waals surface area contributed by atoms with Crippen LogP contribution < -0.4 is 11.1 Å². The van der Waals surface area contributed by atoms with E-state index >= 15 is 0 Å². The van der Waals surface area contributed by atoms with Crippen LogP contribution in [0.25, 0.3) is 0 Å². The summed E-state index contributed by atoms with van der Waals surface area (Å²) in [6, 6.07) is 0. The van der Waals surface area contributed by atoms with Gasteiger partial charge in [0.05, 0.1) is 10.9 Å². The van der Waals surface area contributed by atoms with Crippen LogP contribution in [0.1, 0.15) is 19.8 Å². The summed E-state index contributed by atoms with van der Waals surface area (Å²) in [5, 5.41) is 2.50. The smallest absolute Gasteiger partial charge is 0.232 e. The molecule has 0 heterocycles. The van der Waals surface area contributed by atoms with E-state index in [1.807, 2.05) is 6.92 Å². The molecule has 1 unspecified atom stereocenters. The number of carbonyl (C=O) groups is 2. The molecule has 0 radical (unpaired) electrons. The van der Waals surface area contributed by atoms with Crippen LogP contribution in [0.3, 0.4) is 0 Å². The molecule has 1 atom stereocenters. The molecule has 0 fully saturated rings. The molecule has 0 spiro atoms. The summed E-state index contributed by atoms with van der Waals surface area (Å²) in [6.07, 6.45) is 0.866. The summed E-state index contributed by atoms with van der Waals surface area (Å²) in [7, 11) is 3.21. The van der Waals surface area contributed by atoms with E-state index < -0.39 is 5.92 Å². The third-order valence-electron chi connectivity index (χ3n) is 2.38. The van der Waals surface area contributed by atoms with Gasteiger partial charge in [-0.25, -0.2) is 0 Å². The SMILES string of the molecule is CCC(C(=O)N(C)CCC(=O)NC)C(N)=S. The molecule has 16 heavy (non-hydrogen) atoms. The first-order valence-corrected chi connectivity index (χ1v) is 5.59. The Hall–Kier alpha value is -1.17. The van der Waals surface area contributed by atoms with Gasteiger partial charge in [0.15, 0.2) is 0 Å². The minimum absolute atomic E-state index is 0.0944. The highest BCUT2D eigenvalue weighted by molar-refractivity contribution is 7.80. The van der Waals surface area contributed by atoms with Crippen molar-refractivity contribution in [1.29, 1.82) is 0 Å². The first kappa shape index (κ1) is 14.8. The van der Waals surface area contributed by atoms with E-state index in [0.29, 0.717) is 13.0 Å². The van der Waals surface area contributed by atoms with E-state index in [1.165, 1.54) is 4.90 Å². The summed E-state index contributed by atoms with van der Waals surface area (Å²) in [6.45, 7) is 2.23. The number of thiocarbonyl (C=S) groups is 1. The molecular weight excluding hydrogens is 226 g/mol. The maximum absolute atomic E-state index is 11.8. The Morgan fingerprint density at radius 3 is 2.44 bits per heavy atom. The zero-order valence-corrected chi connectivity index (χ0v) is 10.8. The van der Waals surface area contributed by atoms with Gasteiger partial charge >= 0.3 is 0 Å². The minimum atomic E-state index is -0.426. The molecule has 0 bridgehead atoms. The summed E-state index contributed by atoms with van der Waals surface area (Å²) >= 11 is 4.82. The number of rotatable bonds is 6. The van der Waals surface area contributed by atoms with E-state index in [2.05, 4.69) is 5.32 Å². The van der Waals surface area contributed by atoms with Crippen LogP contribution in [0.2, 0.25) is 0 Å². The third-order valence-corrected chi connectivity index (χ3v) is 2.66. The number of amides is 2. The summed E-state index contributed by atoms with van der Waals surface area (Å²) in [5.41, 5.74) is 5.47. The Morgan fingerprint density at radius 1 is 1.50 bits per heavy atom. The normalized spacial score (nSPS) is 11.7. The van der Waals surface area contributed by atoms with Gasteiger partial charge in [0.1, 0.15) is 0 Å². The lowest BCUT2D eigenvalue weighted by molar-refractivity contribution is -0.132. The standard InChI is InChI=1S/C10H19N3O2S/c1-4-7(9(11)16)10(15)13(3)6-5-8(14)12-2/h7H,4-6H2,1-3H3,(H2,11,16)(H,12,14). The molecule has 5 nitrogen and oxygen atoms in total. The predicted molar refractivity (Wildman–Crippen MR) is 66.9 cm³/mol. The molecule has 2 amide bonds. The monoisotopic (exact) mass is 245 g/mol. The quantitative estimate of drug-likeness (QED) is 0.640. The van der Waals surface area contributed by atoms with Crippen LogP contribution in [0.15, 0.2) is 0 Å². The molecule has 0 aromatic carbocycles. The van der Waals surface area contributed by atoms with Crippen molar-refractivity contribution in [2.45, 2.75) is 19.8 Å². The highest BCUT2D eigenvalue weighted by Crippen LogP contribution is 2.07. The van der Waals surface area contributed by atoms with E-state index in [9.17, 15) is 9.59 Å². The van der Waals surface area contributed by atoms with Crippen molar-refractivity contribution < 1.29 is 9.59 Å². The Morgan fingerprint density at radius 2 is 2.06 bits per heavy atom. The van der Waals surface area contributed by atoms with Crippen molar-refractivity contribution in [1.82, 2.24) is 10.2 Å². The van der Waals surface area contributed by atoms with E-state index in [1.54, 1.807) is 14.1 Å². The van der Waals surface area contributed by atoms with Crippen LogP contribution in [0, 0.1) is 5.92 Å². The van der Waals surface area contributed by atoms with Gasteiger partial charge in [-0.1, -0.05) is 19.1 Å². The lowest BCUT2D eigenvalue weighted by Crippen LogP contribution is -2.40. The lowest BCUT2D eigenvalue weighted by atomic mass is 10.1. The highest BCUT2D eigenvalue weighted by atomic mass is 32.1. The van der Waals surface area contributed by atoms with Crippen LogP contribution >= 0.6 is 12.2 Å². The maximum Gasteiger partial charge on any atom is 0.232 e. The Kier molecular flexibility index (Phi) is 6.64. The van der Waals surface area contributed by atoms with Gasteiger partial charge in [-0.2, -0.15) is 0 Å². The fourth-order valence-electron chi connectivity index (χ4n) is 1.27. The molecule has 0 aliphatic rings. The topological polar surface area (TPSA) is 75.4 Å². The number of carbonyl (C=O) groups excluding carboxylic acids is 2. The van der Waals surface area contributed by atoms with Crippen molar-refractivity contribution in [3.8, 4) is 0 Å². The molecule has 0 aliphatic carbocycles. The maximum atomic E-state index is 11.8. The average molecular weight is 245 g/mol. The third kappa shape index (κ3) is 4.57. The molecule has 0 aliphatic heterocycles. The van der Waals surface area contributed by atoms with Gasteiger partial charge in [0.25, 0.3) is 0 Å². The molecule has 0 aromatic rings. The number of nitrogens with one attached hydrogen (secondary N) is 1. The van der Waals surface area contributed by atoms with E-state index in [0.717, 1.165) is 0 Å². The second kappa shape index (κ2) is 7.16. The number of hydrogen-bond acceptors (Lipinski definition) is 3. The molecule has 0 saturated carbocycles. The molecule has 0 aromatic heterocycles. The van der Waals surface area contributed by atoms with Crippen LogP contribution in [-0.2, 0) is 9.59 Å². The molecule has 3 N–H and O–H groups in total. The van der Waals surface area contributed by atoms with Crippen LogP contribution in [0.4, 0.5) is 0 Å². The van der Waals surface area contributed by atoms with Crippen LogP contribution in [0.5, 0.6) is 0 Å². The molecule has 92 valence electrons. The molecule has 6 heteroatoms. The number of hydrogen-bond donors (Lipinski definition) is 2. The van der Waals surface area contributed by atoms with E-state index in [-0.39, 0.29) is 23.2 Å². The van der Waals surface area contributed by atoms with Gasteiger partial charge < -0.3 is 16.0 Å². The first-order chi connectivity index (χ1) is 7.43. The van der Waals surface area contributed by atoms with Gasteiger partial charge in [-0.15, -0.1) is 0 Å². The Labute approximate surface area is 101 Å². The van der Waals surface area contributed by atoms with Crippen molar-refractivity contribution in [2.24, 2.45) is 11.7 Å². The first-order valence-electron chi connectivity index (χ1n) is 5.18. The zero-order valence-electron chi connectivity index (χ0n) is 9.95. The number of nitrogens with two attached hydrogens (primary N) is 1. The fourth-order valence-corrected chi connectivity index (χ4v) is 1.54. The van der Waals surface area contributed by atoms with Crippen LogP contribution in [-0.4, -0.2) is 42.3 Å². The zero-order chi connectivity index (χ0) is 12.7. The molecule has 0 rings (SSSR count). The van der Waals surface area contributed by atoms with Gasteiger partial charge in [-0.3, -0.25) is 9.59 Å². The van der Waals surface area contributed by atoms with Gasteiger partial charge in [0.2, 0.25) is 11.8 Å². The minimum Gasteiger partial charge on any atom is -0.393 e. The largest absolute Gasteiger partial charge is 0.393 e. The summed E-state index contributed by atoms with van der Waals surface area (Å²) in [4.78, 5) is 24.6. The Balaban J connectivity index is 4.26. The molecule has 0 saturated heterocycles. The number of nitrogens with zero attached hydrogens (tertiary/aromatic N) is 1. The van der Waals surface area contributed by atoms with Crippen molar-refractivity contribution in [2.75, 3.05) is 20.6 Å².